The number of benzene rings is 3. The number of anilines is 2. The summed E-state index contributed by atoms with van der Waals surface area (Å²) < 4.78 is 34.3. The Morgan fingerprint density at radius 1 is 1.05 bits per heavy atom. The summed E-state index contributed by atoms with van der Waals surface area (Å²) in [5, 5.41) is 5.66. The third-order valence-electron chi connectivity index (χ3n) is 5.40. The van der Waals surface area contributed by atoms with Crippen molar-refractivity contribution < 1.29 is 17.9 Å². The van der Waals surface area contributed by atoms with Crippen LogP contribution in [0.5, 0.6) is 5.75 Å². The van der Waals surface area contributed by atoms with Crippen LogP contribution in [0.4, 0.5) is 11.4 Å². The minimum absolute atomic E-state index is 0.0770. The molecule has 0 aliphatic carbocycles. The highest BCUT2D eigenvalue weighted by Gasteiger charge is 2.23. The van der Waals surface area contributed by atoms with E-state index in [9.17, 15) is 13.2 Å². The van der Waals surface area contributed by atoms with Gasteiger partial charge in [-0.1, -0.05) is 48.0 Å². The minimum Gasteiger partial charge on any atom is -0.493 e. The standard InChI is InChI=1S/C27H30BrN3O4S2/c1-4-31(22-8-6-5-7-9-22)37(33,34)23-13-11-21(12-14-23)29-27(36)30-26(32)24-18-20(28)10-15-25(24)35-17-16-19(2)3/h5-15,18-19H,4,16-17H2,1-3H3,(H2,29,30,32,36). The summed E-state index contributed by atoms with van der Waals surface area (Å²) in [5.74, 6) is 0.533. The van der Waals surface area contributed by atoms with Crippen molar-refractivity contribution in [1.29, 1.82) is 0 Å². The summed E-state index contributed by atoms with van der Waals surface area (Å²) in [6, 6.07) is 20.4. The van der Waals surface area contributed by atoms with E-state index in [4.69, 9.17) is 17.0 Å². The highest BCUT2D eigenvalue weighted by molar-refractivity contribution is 9.10. The minimum atomic E-state index is -3.74. The van der Waals surface area contributed by atoms with Crippen LogP contribution in [0.15, 0.2) is 82.2 Å². The average Bonchev–Trinajstić information content (AvgIpc) is 2.86. The second-order valence-corrected chi connectivity index (χ2v) is 11.8. The van der Waals surface area contributed by atoms with Crippen molar-refractivity contribution in [2.45, 2.75) is 32.1 Å². The summed E-state index contributed by atoms with van der Waals surface area (Å²) in [4.78, 5) is 13.1. The topological polar surface area (TPSA) is 87.7 Å². The largest absolute Gasteiger partial charge is 0.493 e. The van der Waals surface area contributed by atoms with Gasteiger partial charge in [0.15, 0.2) is 5.11 Å². The molecule has 3 aromatic rings. The third kappa shape index (κ3) is 7.77. The summed E-state index contributed by atoms with van der Waals surface area (Å²) >= 11 is 8.71. The lowest BCUT2D eigenvalue weighted by atomic mass is 10.1. The molecule has 0 aliphatic heterocycles. The van der Waals surface area contributed by atoms with E-state index in [1.165, 1.54) is 16.4 Å². The molecule has 0 unspecified atom stereocenters. The van der Waals surface area contributed by atoms with E-state index in [1.54, 1.807) is 55.5 Å². The van der Waals surface area contributed by atoms with E-state index in [1.807, 2.05) is 12.1 Å². The van der Waals surface area contributed by atoms with E-state index < -0.39 is 15.9 Å². The second-order valence-electron chi connectivity index (χ2n) is 8.61. The number of nitrogens with one attached hydrogen (secondary N) is 2. The van der Waals surface area contributed by atoms with Crippen molar-refractivity contribution in [1.82, 2.24) is 5.32 Å². The average molecular weight is 605 g/mol. The number of thiocarbonyl (C=S) groups is 1. The lowest BCUT2D eigenvalue weighted by molar-refractivity contribution is 0.0973. The predicted molar refractivity (Wildman–Crippen MR) is 156 cm³/mol. The van der Waals surface area contributed by atoms with Crippen molar-refractivity contribution in [3.05, 3.63) is 82.8 Å². The molecule has 37 heavy (non-hydrogen) atoms. The predicted octanol–water partition coefficient (Wildman–Crippen LogP) is 6.22. The van der Waals surface area contributed by atoms with E-state index in [2.05, 4.69) is 40.4 Å². The Labute approximate surface area is 232 Å². The number of sulfonamides is 1. The lowest BCUT2D eigenvalue weighted by Crippen LogP contribution is -2.34. The highest BCUT2D eigenvalue weighted by atomic mass is 79.9. The van der Waals surface area contributed by atoms with Gasteiger partial charge in [-0.05, 0) is 86.1 Å². The van der Waals surface area contributed by atoms with Gasteiger partial charge < -0.3 is 10.1 Å². The van der Waals surface area contributed by atoms with Gasteiger partial charge in [0, 0.05) is 16.7 Å². The van der Waals surface area contributed by atoms with Crippen LogP contribution >= 0.6 is 28.1 Å². The van der Waals surface area contributed by atoms with E-state index in [0.717, 1.165) is 10.9 Å². The fourth-order valence-electron chi connectivity index (χ4n) is 3.47. The maximum atomic E-state index is 13.2. The molecule has 0 saturated heterocycles. The molecule has 0 fully saturated rings. The molecule has 0 heterocycles. The van der Waals surface area contributed by atoms with Crippen LogP contribution in [-0.2, 0) is 10.0 Å². The number of rotatable bonds is 10. The molecule has 0 aliphatic rings. The van der Waals surface area contributed by atoms with Gasteiger partial charge in [-0.2, -0.15) is 0 Å². The van der Waals surface area contributed by atoms with Crippen LogP contribution < -0.4 is 19.7 Å². The van der Waals surface area contributed by atoms with E-state index in [0.29, 0.717) is 41.8 Å². The second kappa shape index (κ2) is 13.0. The van der Waals surface area contributed by atoms with Gasteiger partial charge in [0.1, 0.15) is 5.75 Å². The molecule has 196 valence electrons. The van der Waals surface area contributed by atoms with Crippen LogP contribution in [0.2, 0.25) is 0 Å². The number of nitrogens with zero attached hydrogens (tertiary/aromatic N) is 1. The van der Waals surface area contributed by atoms with Gasteiger partial charge in [0.05, 0.1) is 22.8 Å². The smallest absolute Gasteiger partial charge is 0.264 e. The molecule has 10 heteroatoms. The number of para-hydroxylation sites is 1. The lowest BCUT2D eigenvalue weighted by Gasteiger charge is -2.23. The zero-order chi connectivity index (χ0) is 27.0. The van der Waals surface area contributed by atoms with Crippen molar-refractivity contribution in [2.75, 3.05) is 22.8 Å². The normalized spacial score (nSPS) is 11.2. The summed E-state index contributed by atoms with van der Waals surface area (Å²) in [5.41, 5.74) is 1.48. The van der Waals surface area contributed by atoms with Crippen LogP contribution in [-0.4, -0.2) is 32.6 Å². The van der Waals surface area contributed by atoms with Crippen molar-refractivity contribution >= 4 is 60.6 Å². The first-order valence-corrected chi connectivity index (χ1v) is 14.5. The van der Waals surface area contributed by atoms with Crippen molar-refractivity contribution in [3.63, 3.8) is 0 Å². The molecular weight excluding hydrogens is 574 g/mol. The first-order valence-electron chi connectivity index (χ1n) is 11.8. The molecule has 3 aromatic carbocycles. The van der Waals surface area contributed by atoms with Crippen LogP contribution in [0.25, 0.3) is 0 Å². The number of hydrogen-bond acceptors (Lipinski definition) is 5. The van der Waals surface area contributed by atoms with Crippen molar-refractivity contribution in [3.8, 4) is 5.75 Å². The quantitative estimate of drug-likeness (QED) is 0.268. The Kier molecular flexibility index (Phi) is 10.1. The van der Waals surface area contributed by atoms with Gasteiger partial charge in [0.2, 0.25) is 0 Å². The molecule has 2 N–H and O–H groups in total. The van der Waals surface area contributed by atoms with E-state index >= 15 is 0 Å². The molecule has 0 bridgehead atoms. The number of ether oxygens (including phenoxy) is 1. The molecular formula is C27H30BrN3O4S2. The Balaban J connectivity index is 1.67. The fourth-order valence-corrected chi connectivity index (χ4v) is 5.51. The molecule has 0 atom stereocenters. The molecule has 3 rings (SSSR count). The molecule has 0 spiro atoms. The van der Waals surface area contributed by atoms with Crippen LogP contribution in [0.3, 0.4) is 0 Å². The molecule has 1 amide bonds. The van der Waals surface area contributed by atoms with Crippen LogP contribution in [0, 0.1) is 5.92 Å². The highest BCUT2D eigenvalue weighted by Crippen LogP contribution is 2.25. The Hall–Kier alpha value is -2.95. The van der Waals surface area contributed by atoms with Gasteiger partial charge in [-0.3, -0.25) is 14.4 Å². The Morgan fingerprint density at radius 2 is 1.73 bits per heavy atom. The van der Waals surface area contributed by atoms with Gasteiger partial charge in [-0.15, -0.1) is 0 Å². The molecule has 0 radical (unpaired) electrons. The van der Waals surface area contributed by atoms with Crippen molar-refractivity contribution in [2.24, 2.45) is 5.92 Å². The van der Waals surface area contributed by atoms with Crippen LogP contribution in [0.1, 0.15) is 37.6 Å². The summed E-state index contributed by atoms with van der Waals surface area (Å²) in [7, 11) is -3.74. The van der Waals surface area contributed by atoms with Gasteiger partial charge in [0.25, 0.3) is 15.9 Å². The first kappa shape index (κ1) is 28.6. The third-order valence-corrected chi connectivity index (χ3v) is 8.01. The molecule has 0 saturated carbocycles. The number of carbonyl (C=O) groups excluding carboxylic acids is 1. The monoisotopic (exact) mass is 603 g/mol. The zero-order valence-electron chi connectivity index (χ0n) is 20.9. The van der Waals surface area contributed by atoms with Gasteiger partial charge >= 0.3 is 0 Å². The molecule has 7 nitrogen and oxygen atoms in total. The number of halogens is 1. The Morgan fingerprint density at radius 3 is 2.35 bits per heavy atom. The zero-order valence-corrected chi connectivity index (χ0v) is 24.1. The number of hydrogen-bond donors (Lipinski definition) is 2. The molecule has 0 aromatic heterocycles. The van der Waals surface area contributed by atoms with Gasteiger partial charge in [-0.25, -0.2) is 8.42 Å². The summed E-state index contributed by atoms with van der Waals surface area (Å²) in [6.07, 6.45) is 0.865. The fraction of sp³-hybridized carbons (Fsp3) is 0.259. The Bertz CT molecular complexity index is 1330. The number of carbonyl (C=O) groups is 1. The first-order chi connectivity index (χ1) is 17.6. The SMILES string of the molecule is CCN(c1ccccc1)S(=O)(=O)c1ccc(NC(=S)NC(=O)c2cc(Br)ccc2OCCC(C)C)cc1. The maximum Gasteiger partial charge on any atom is 0.264 e. The van der Waals surface area contributed by atoms with E-state index in [-0.39, 0.29) is 10.0 Å². The summed E-state index contributed by atoms with van der Waals surface area (Å²) in [6.45, 7) is 6.79. The number of amides is 1. The maximum absolute atomic E-state index is 13.2.